The summed E-state index contributed by atoms with van der Waals surface area (Å²) in [6.45, 7) is 8.79. The van der Waals surface area contributed by atoms with Crippen molar-refractivity contribution in [2.45, 2.75) is 52.2 Å². The Kier molecular flexibility index (Phi) is 4.13. The van der Waals surface area contributed by atoms with E-state index < -0.39 is 5.60 Å². The molecule has 1 amide bonds. The fourth-order valence-electron chi connectivity index (χ4n) is 2.45. The van der Waals surface area contributed by atoms with E-state index in [1.54, 1.807) is 13.8 Å². The van der Waals surface area contributed by atoms with Gasteiger partial charge in [0.05, 0.1) is 12.2 Å². The first-order valence-corrected chi connectivity index (χ1v) is 7.22. The summed E-state index contributed by atoms with van der Waals surface area (Å²) in [6.07, 6.45) is 3.57. The number of carbonyl (C=O) groups excluding carboxylic acids is 1. The number of nitrogens with zero attached hydrogens (tertiary/aromatic N) is 4. The summed E-state index contributed by atoms with van der Waals surface area (Å²) in [7, 11) is 0. The van der Waals surface area contributed by atoms with Gasteiger partial charge >= 0.3 is 0 Å². The highest BCUT2D eigenvalue weighted by Gasteiger charge is 2.27. The van der Waals surface area contributed by atoms with E-state index >= 15 is 0 Å². The highest BCUT2D eigenvalue weighted by atomic mass is 16.3. The lowest BCUT2D eigenvalue weighted by atomic mass is 10.0. The van der Waals surface area contributed by atoms with Gasteiger partial charge in [-0.05, 0) is 26.7 Å². The Morgan fingerprint density at radius 3 is 2.45 bits per heavy atom. The molecule has 0 unspecified atom stereocenters. The van der Waals surface area contributed by atoms with Crippen LogP contribution < -0.4 is 0 Å². The molecule has 20 heavy (non-hydrogen) atoms. The first kappa shape index (κ1) is 15.0. The second-order valence-corrected chi connectivity index (χ2v) is 6.35. The van der Waals surface area contributed by atoms with Crippen LogP contribution in [0.25, 0.3) is 0 Å². The topological polar surface area (TPSA) is 71.2 Å². The zero-order valence-corrected chi connectivity index (χ0v) is 12.7. The van der Waals surface area contributed by atoms with E-state index in [0.717, 1.165) is 25.9 Å². The van der Waals surface area contributed by atoms with E-state index in [1.165, 1.54) is 0 Å². The van der Waals surface area contributed by atoms with Crippen LogP contribution in [0.2, 0.25) is 0 Å². The average molecular weight is 280 g/mol. The predicted molar refractivity (Wildman–Crippen MR) is 75.0 cm³/mol. The minimum atomic E-state index is -0.966. The molecule has 2 heterocycles. The third-order valence-corrected chi connectivity index (χ3v) is 3.78. The van der Waals surface area contributed by atoms with Crippen molar-refractivity contribution in [2.75, 3.05) is 13.1 Å². The molecule has 1 fully saturated rings. The molecule has 0 spiro atoms. The SMILES string of the molecule is CC(C)C(=O)N1CCC(n2cc(C(C)(C)O)nn2)CC1. The molecule has 0 bridgehead atoms. The zero-order valence-electron chi connectivity index (χ0n) is 12.7. The molecule has 1 aromatic rings. The second-order valence-electron chi connectivity index (χ2n) is 6.35. The van der Waals surface area contributed by atoms with Gasteiger partial charge in [-0.2, -0.15) is 0 Å². The Balaban J connectivity index is 1.97. The van der Waals surface area contributed by atoms with Crippen molar-refractivity contribution in [2.24, 2.45) is 5.92 Å². The van der Waals surface area contributed by atoms with Crippen LogP contribution in [0.1, 0.15) is 52.3 Å². The summed E-state index contributed by atoms with van der Waals surface area (Å²) >= 11 is 0. The van der Waals surface area contributed by atoms with Crippen molar-refractivity contribution in [3.8, 4) is 0 Å². The summed E-state index contributed by atoms with van der Waals surface area (Å²) in [5, 5.41) is 18.0. The summed E-state index contributed by atoms with van der Waals surface area (Å²) in [4.78, 5) is 13.9. The number of piperidine rings is 1. The minimum Gasteiger partial charge on any atom is -0.384 e. The molecule has 1 aliphatic heterocycles. The maximum absolute atomic E-state index is 11.9. The molecule has 6 heteroatoms. The summed E-state index contributed by atoms with van der Waals surface area (Å²) in [5.41, 5.74) is -0.384. The van der Waals surface area contributed by atoms with Crippen molar-refractivity contribution in [1.82, 2.24) is 19.9 Å². The molecule has 0 aromatic carbocycles. The predicted octanol–water partition coefficient (Wildman–Crippen LogP) is 1.32. The van der Waals surface area contributed by atoms with Crippen molar-refractivity contribution < 1.29 is 9.90 Å². The molecule has 1 saturated heterocycles. The Morgan fingerprint density at radius 1 is 1.40 bits per heavy atom. The smallest absolute Gasteiger partial charge is 0.225 e. The Morgan fingerprint density at radius 2 is 2.00 bits per heavy atom. The van der Waals surface area contributed by atoms with Crippen LogP contribution in [0.3, 0.4) is 0 Å². The molecule has 1 aromatic heterocycles. The fraction of sp³-hybridized carbons (Fsp3) is 0.786. The summed E-state index contributed by atoms with van der Waals surface area (Å²) in [6, 6.07) is 0.259. The van der Waals surface area contributed by atoms with Crippen LogP contribution in [0.4, 0.5) is 0 Å². The van der Waals surface area contributed by atoms with Gasteiger partial charge in [-0.3, -0.25) is 4.79 Å². The molecule has 1 N–H and O–H groups in total. The van der Waals surface area contributed by atoms with Crippen molar-refractivity contribution in [3.63, 3.8) is 0 Å². The van der Waals surface area contributed by atoms with Gasteiger partial charge in [-0.25, -0.2) is 4.68 Å². The largest absolute Gasteiger partial charge is 0.384 e. The number of rotatable bonds is 3. The van der Waals surface area contributed by atoms with Crippen LogP contribution in [-0.2, 0) is 10.4 Å². The number of aromatic nitrogens is 3. The fourth-order valence-corrected chi connectivity index (χ4v) is 2.45. The minimum absolute atomic E-state index is 0.0553. The number of amides is 1. The molecule has 2 rings (SSSR count). The maximum Gasteiger partial charge on any atom is 0.225 e. The Bertz CT molecular complexity index is 468. The number of likely N-dealkylation sites (tertiary alicyclic amines) is 1. The first-order valence-electron chi connectivity index (χ1n) is 7.22. The van der Waals surface area contributed by atoms with E-state index in [9.17, 15) is 9.90 Å². The van der Waals surface area contributed by atoms with Crippen molar-refractivity contribution in [1.29, 1.82) is 0 Å². The second kappa shape index (κ2) is 5.52. The lowest BCUT2D eigenvalue weighted by Gasteiger charge is -2.32. The molecule has 0 atom stereocenters. The Hall–Kier alpha value is -1.43. The van der Waals surface area contributed by atoms with E-state index in [4.69, 9.17) is 0 Å². The van der Waals surface area contributed by atoms with Crippen LogP contribution in [-0.4, -0.2) is 44.0 Å². The monoisotopic (exact) mass is 280 g/mol. The maximum atomic E-state index is 11.9. The molecule has 6 nitrogen and oxygen atoms in total. The van der Waals surface area contributed by atoms with Crippen LogP contribution >= 0.6 is 0 Å². The highest BCUT2D eigenvalue weighted by Crippen LogP contribution is 2.24. The summed E-state index contributed by atoms with van der Waals surface area (Å²) in [5.74, 6) is 0.277. The molecule has 1 aliphatic rings. The molecular weight excluding hydrogens is 256 g/mol. The van der Waals surface area contributed by atoms with E-state index in [1.807, 2.05) is 29.6 Å². The number of hydrogen-bond acceptors (Lipinski definition) is 4. The van der Waals surface area contributed by atoms with Gasteiger partial charge in [0.2, 0.25) is 5.91 Å². The number of carbonyl (C=O) groups is 1. The quantitative estimate of drug-likeness (QED) is 0.906. The molecule has 0 saturated carbocycles. The number of aliphatic hydroxyl groups is 1. The van der Waals surface area contributed by atoms with Crippen LogP contribution in [0.15, 0.2) is 6.20 Å². The van der Waals surface area contributed by atoms with Gasteiger partial charge in [0.25, 0.3) is 0 Å². The lowest BCUT2D eigenvalue weighted by Crippen LogP contribution is -2.41. The highest BCUT2D eigenvalue weighted by molar-refractivity contribution is 5.78. The van der Waals surface area contributed by atoms with Crippen molar-refractivity contribution >= 4 is 5.91 Å². The third kappa shape index (κ3) is 3.17. The van der Waals surface area contributed by atoms with Crippen molar-refractivity contribution in [3.05, 3.63) is 11.9 Å². The first-order chi connectivity index (χ1) is 9.29. The molecule has 0 aliphatic carbocycles. The van der Waals surface area contributed by atoms with Gasteiger partial charge in [0, 0.05) is 19.0 Å². The van der Waals surface area contributed by atoms with Crippen LogP contribution in [0, 0.1) is 5.92 Å². The molecular formula is C14H24N4O2. The van der Waals surface area contributed by atoms with Gasteiger partial charge in [-0.15, -0.1) is 5.10 Å². The zero-order chi connectivity index (χ0) is 14.9. The lowest BCUT2D eigenvalue weighted by molar-refractivity contribution is -0.135. The normalized spacial score (nSPS) is 17.8. The van der Waals surface area contributed by atoms with E-state index in [2.05, 4.69) is 10.3 Å². The van der Waals surface area contributed by atoms with E-state index in [-0.39, 0.29) is 17.9 Å². The Labute approximate surface area is 119 Å². The number of hydrogen-bond donors (Lipinski definition) is 1. The van der Waals surface area contributed by atoms with Gasteiger partial charge < -0.3 is 10.0 Å². The van der Waals surface area contributed by atoms with Crippen LogP contribution in [0.5, 0.6) is 0 Å². The third-order valence-electron chi connectivity index (χ3n) is 3.78. The molecule has 112 valence electrons. The van der Waals surface area contributed by atoms with E-state index in [0.29, 0.717) is 5.69 Å². The van der Waals surface area contributed by atoms with Gasteiger partial charge in [0.1, 0.15) is 11.3 Å². The average Bonchev–Trinajstić information content (AvgIpc) is 2.87. The molecule has 0 radical (unpaired) electrons. The van der Waals surface area contributed by atoms with Gasteiger partial charge in [-0.1, -0.05) is 19.1 Å². The standard InChI is InChI=1S/C14H24N4O2/c1-10(2)13(19)17-7-5-11(6-8-17)18-9-12(15-16-18)14(3,4)20/h9-11,20H,5-8H2,1-4H3. The summed E-state index contributed by atoms with van der Waals surface area (Å²) < 4.78 is 1.82. The van der Waals surface area contributed by atoms with Gasteiger partial charge in [0.15, 0.2) is 0 Å².